The average molecular weight is 427 g/mol. The van der Waals surface area contributed by atoms with E-state index in [4.69, 9.17) is 4.74 Å². The van der Waals surface area contributed by atoms with Crippen LogP contribution in [0.2, 0.25) is 0 Å². The van der Waals surface area contributed by atoms with Crippen molar-refractivity contribution in [3.63, 3.8) is 0 Å². The Morgan fingerprint density at radius 1 is 0.967 bits per heavy atom. The van der Waals surface area contributed by atoms with E-state index in [2.05, 4.69) is 0 Å². The van der Waals surface area contributed by atoms with Crippen molar-refractivity contribution in [3.05, 3.63) is 64.2 Å². The molecule has 158 valence electrons. The van der Waals surface area contributed by atoms with Crippen LogP contribution in [0.3, 0.4) is 0 Å². The lowest BCUT2D eigenvalue weighted by Gasteiger charge is -2.35. The first-order chi connectivity index (χ1) is 14.3. The SMILES string of the molecule is Cc1cc(C)c(S(=O)(=O)N2CCN(C(=O)C3=Cc4ccccc4OC3)CC2)c(C)c1. The molecule has 2 aromatic carbocycles. The van der Waals surface area contributed by atoms with Gasteiger partial charge in [-0.3, -0.25) is 4.79 Å². The number of nitrogens with zero attached hydrogens (tertiary/aromatic N) is 2. The summed E-state index contributed by atoms with van der Waals surface area (Å²) >= 11 is 0. The fourth-order valence-corrected chi connectivity index (χ4v) is 6.11. The molecule has 0 radical (unpaired) electrons. The predicted octanol–water partition coefficient (Wildman–Crippen LogP) is 2.92. The van der Waals surface area contributed by atoms with Crippen molar-refractivity contribution >= 4 is 22.0 Å². The van der Waals surface area contributed by atoms with Crippen LogP contribution in [0.5, 0.6) is 5.75 Å². The molecule has 4 rings (SSSR count). The number of rotatable bonds is 3. The molecule has 2 aliphatic heterocycles. The summed E-state index contributed by atoms with van der Waals surface area (Å²) in [5.74, 6) is 0.679. The van der Waals surface area contributed by atoms with Crippen LogP contribution in [-0.4, -0.2) is 56.3 Å². The number of aryl methyl sites for hydroxylation is 3. The van der Waals surface area contributed by atoms with Gasteiger partial charge in [0.2, 0.25) is 10.0 Å². The Hall–Kier alpha value is -2.64. The zero-order chi connectivity index (χ0) is 21.5. The summed E-state index contributed by atoms with van der Waals surface area (Å²) < 4.78 is 33.7. The molecule has 0 N–H and O–H groups in total. The Kier molecular flexibility index (Phi) is 5.42. The van der Waals surface area contributed by atoms with Crippen LogP contribution in [0, 0.1) is 20.8 Å². The standard InChI is InChI=1S/C23H26N2O4S/c1-16-12-17(2)22(18(3)13-16)30(27,28)25-10-8-24(9-11-25)23(26)20-14-19-6-4-5-7-21(19)29-15-20/h4-7,12-14H,8-11,15H2,1-3H3. The van der Waals surface area contributed by atoms with E-state index in [1.165, 1.54) is 4.31 Å². The zero-order valence-electron chi connectivity index (χ0n) is 17.5. The third-order valence-electron chi connectivity index (χ3n) is 5.64. The molecule has 0 spiro atoms. The first-order valence-electron chi connectivity index (χ1n) is 10.1. The number of carbonyl (C=O) groups excluding carboxylic acids is 1. The van der Waals surface area contributed by atoms with Crippen LogP contribution in [0.1, 0.15) is 22.3 Å². The van der Waals surface area contributed by atoms with Crippen molar-refractivity contribution in [3.8, 4) is 5.75 Å². The Morgan fingerprint density at radius 3 is 2.27 bits per heavy atom. The van der Waals surface area contributed by atoms with Crippen molar-refractivity contribution in [2.75, 3.05) is 32.8 Å². The fourth-order valence-electron chi connectivity index (χ4n) is 4.28. The maximum Gasteiger partial charge on any atom is 0.253 e. The van der Waals surface area contributed by atoms with E-state index >= 15 is 0 Å². The molecular formula is C23H26N2O4S. The van der Waals surface area contributed by atoms with E-state index in [0.29, 0.717) is 23.6 Å². The number of hydrogen-bond donors (Lipinski definition) is 0. The number of para-hydroxylation sites is 1. The van der Waals surface area contributed by atoms with Gasteiger partial charge in [0.05, 0.1) is 10.5 Å². The largest absolute Gasteiger partial charge is 0.488 e. The minimum absolute atomic E-state index is 0.0933. The summed E-state index contributed by atoms with van der Waals surface area (Å²) in [6.45, 7) is 7.15. The Balaban J connectivity index is 1.48. The van der Waals surface area contributed by atoms with Gasteiger partial charge < -0.3 is 9.64 Å². The van der Waals surface area contributed by atoms with Gasteiger partial charge in [-0.15, -0.1) is 0 Å². The number of ether oxygens (including phenoxy) is 1. The maximum absolute atomic E-state index is 13.2. The van der Waals surface area contributed by atoms with Crippen molar-refractivity contribution in [1.29, 1.82) is 0 Å². The second-order valence-electron chi connectivity index (χ2n) is 7.92. The number of benzene rings is 2. The highest BCUT2D eigenvalue weighted by atomic mass is 32.2. The van der Waals surface area contributed by atoms with Gasteiger partial charge in [0.15, 0.2) is 0 Å². The summed E-state index contributed by atoms with van der Waals surface area (Å²) in [7, 11) is -3.60. The normalized spacial score (nSPS) is 17.2. The van der Waals surface area contributed by atoms with Crippen LogP contribution in [-0.2, 0) is 14.8 Å². The molecule has 1 saturated heterocycles. The molecule has 2 aliphatic rings. The molecule has 1 fully saturated rings. The minimum atomic E-state index is -3.60. The van der Waals surface area contributed by atoms with Gasteiger partial charge in [-0.1, -0.05) is 35.9 Å². The van der Waals surface area contributed by atoms with E-state index in [-0.39, 0.29) is 25.6 Å². The highest BCUT2D eigenvalue weighted by Crippen LogP contribution is 2.28. The van der Waals surface area contributed by atoms with E-state index < -0.39 is 10.0 Å². The number of hydrogen-bond acceptors (Lipinski definition) is 4. The lowest BCUT2D eigenvalue weighted by atomic mass is 10.1. The van der Waals surface area contributed by atoms with Gasteiger partial charge in [0.25, 0.3) is 5.91 Å². The summed E-state index contributed by atoms with van der Waals surface area (Å²) in [6, 6.07) is 11.4. The Labute approximate surface area is 177 Å². The molecule has 0 aliphatic carbocycles. The molecule has 6 nitrogen and oxygen atoms in total. The number of amides is 1. The number of sulfonamides is 1. The second-order valence-corrected chi connectivity index (χ2v) is 9.79. The predicted molar refractivity (Wildman–Crippen MR) is 116 cm³/mol. The molecule has 0 atom stereocenters. The minimum Gasteiger partial charge on any atom is -0.488 e. The molecule has 0 saturated carbocycles. The lowest BCUT2D eigenvalue weighted by Crippen LogP contribution is -2.51. The molecule has 7 heteroatoms. The molecule has 1 amide bonds. The quantitative estimate of drug-likeness (QED) is 0.757. The fraction of sp³-hybridized carbons (Fsp3) is 0.348. The molecule has 0 unspecified atom stereocenters. The second kappa shape index (κ2) is 7.89. The van der Waals surface area contributed by atoms with Crippen LogP contribution in [0.4, 0.5) is 0 Å². The molecule has 0 bridgehead atoms. The highest BCUT2D eigenvalue weighted by Gasteiger charge is 2.33. The van der Waals surface area contributed by atoms with Crippen LogP contribution in [0.15, 0.2) is 46.9 Å². The topological polar surface area (TPSA) is 66.9 Å². The third kappa shape index (κ3) is 3.75. The molecule has 30 heavy (non-hydrogen) atoms. The van der Waals surface area contributed by atoms with Crippen molar-refractivity contribution < 1.29 is 17.9 Å². The van der Waals surface area contributed by atoms with Crippen molar-refractivity contribution in [2.45, 2.75) is 25.7 Å². The van der Waals surface area contributed by atoms with Gasteiger partial charge in [-0.2, -0.15) is 4.31 Å². The van der Waals surface area contributed by atoms with Gasteiger partial charge in [0, 0.05) is 31.7 Å². The number of carbonyl (C=O) groups is 1. The van der Waals surface area contributed by atoms with Gasteiger partial charge in [-0.05, 0) is 44.0 Å². The molecule has 2 heterocycles. The maximum atomic E-state index is 13.2. The summed E-state index contributed by atoms with van der Waals surface area (Å²) in [4.78, 5) is 15.0. The molecule has 0 aromatic heterocycles. The Bertz CT molecular complexity index is 1110. The highest BCUT2D eigenvalue weighted by molar-refractivity contribution is 7.89. The van der Waals surface area contributed by atoms with Crippen LogP contribution >= 0.6 is 0 Å². The van der Waals surface area contributed by atoms with E-state index in [1.54, 1.807) is 4.90 Å². The first kappa shape index (κ1) is 20.6. The number of fused-ring (bicyclic) bond motifs is 1. The van der Waals surface area contributed by atoms with E-state index in [9.17, 15) is 13.2 Å². The zero-order valence-corrected chi connectivity index (χ0v) is 18.3. The molecular weight excluding hydrogens is 400 g/mol. The van der Waals surface area contributed by atoms with Crippen LogP contribution < -0.4 is 4.74 Å². The van der Waals surface area contributed by atoms with Gasteiger partial charge in [0.1, 0.15) is 12.4 Å². The monoisotopic (exact) mass is 426 g/mol. The van der Waals surface area contributed by atoms with Crippen molar-refractivity contribution in [2.24, 2.45) is 0 Å². The third-order valence-corrected chi connectivity index (χ3v) is 7.84. The van der Waals surface area contributed by atoms with Gasteiger partial charge >= 0.3 is 0 Å². The summed E-state index contributed by atoms with van der Waals surface area (Å²) in [5, 5.41) is 0. The van der Waals surface area contributed by atoms with E-state index in [0.717, 1.165) is 28.0 Å². The Morgan fingerprint density at radius 2 is 1.60 bits per heavy atom. The molecule has 2 aromatic rings. The number of piperazine rings is 1. The first-order valence-corrected chi connectivity index (χ1v) is 11.5. The summed E-state index contributed by atoms with van der Waals surface area (Å²) in [6.07, 6.45) is 1.86. The lowest BCUT2D eigenvalue weighted by molar-refractivity contribution is -0.128. The van der Waals surface area contributed by atoms with Crippen LogP contribution in [0.25, 0.3) is 6.08 Å². The average Bonchev–Trinajstić information content (AvgIpc) is 2.72. The smallest absolute Gasteiger partial charge is 0.253 e. The van der Waals surface area contributed by atoms with Crippen molar-refractivity contribution in [1.82, 2.24) is 9.21 Å². The van der Waals surface area contributed by atoms with Gasteiger partial charge in [-0.25, -0.2) is 8.42 Å². The summed E-state index contributed by atoms with van der Waals surface area (Å²) in [5.41, 5.74) is 4.04. The van der Waals surface area contributed by atoms with E-state index in [1.807, 2.05) is 63.2 Å².